The lowest BCUT2D eigenvalue weighted by Crippen LogP contribution is -2.21. The van der Waals surface area contributed by atoms with Crippen LogP contribution in [0.1, 0.15) is 20.4 Å². The molecule has 0 radical (unpaired) electrons. The minimum atomic E-state index is -0.528. The van der Waals surface area contributed by atoms with E-state index in [2.05, 4.69) is 10.3 Å². The second-order valence-corrected chi connectivity index (χ2v) is 6.89. The van der Waals surface area contributed by atoms with Gasteiger partial charge in [-0.3, -0.25) is 4.79 Å². The first-order valence-corrected chi connectivity index (χ1v) is 8.91. The highest BCUT2D eigenvalue weighted by molar-refractivity contribution is 7.13. The number of para-hydroxylation sites is 1. The fourth-order valence-corrected chi connectivity index (χ4v) is 3.38. The third-order valence-electron chi connectivity index (χ3n) is 3.71. The van der Waals surface area contributed by atoms with Gasteiger partial charge in [0.25, 0.3) is 5.91 Å². The van der Waals surface area contributed by atoms with Crippen molar-refractivity contribution in [2.45, 2.75) is 13.8 Å². The summed E-state index contributed by atoms with van der Waals surface area (Å²) in [6.45, 7) is 3.22. The number of amides is 1. The number of rotatable bonds is 5. The number of esters is 1. The van der Waals surface area contributed by atoms with Crippen LogP contribution in [0, 0.1) is 13.8 Å². The molecule has 0 saturated carbocycles. The molecule has 0 aliphatic carbocycles. The highest BCUT2D eigenvalue weighted by Gasteiger charge is 2.17. The number of nitrogens with zero attached hydrogens (tertiary/aromatic N) is 1. The summed E-state index contributed by atoms with van der Waals surface area (Å²) in [6.07, 6.45) is 0. The number of anilines is 1. The van der Waals surface area contributed by atoms with Crippen LogP contribution in [-0.2, 0) is 9.53 Å². The number of nitrogens with one attached hydrogen (secondary N) is 1. The Bertz CT molecular complexity index is 935. The number of thiazole rings is 1. The Morgan fingerprint density at radius 3 is 2.42 bits per heavy atom. The van der Waals surface area contributed by atoms with Crippen LogP contribution < -0.4 is 5.32 Å². The summed E-state index contributed by atoms with van der Waals surface area (Å²) < 4.78 is 5.12. The maximum atomic E-state index is 12.2. The van der Waals surface area contributed by atoms with Gasteiger partial charge in [-0.2, -0.15) is 0 Å². The zero-order valence-corrected chi connectivity index (χ0v) is 15.3. The number of hydrogen-bond donors (Lipinski definition) is 1. The van der Waals surface area contributed by atoms with Gasteiger partial charge in [0.2, 0.25) is 0 Å². The van der Waals surface area contributed by atoms with Gasteiger partial charge in [-0.05, 0) is 25.5 Å². The summed E-state index contributed by atoms with van der Waals surface area (Å²) in [6, 6.07) is 17.3. The van der Waals surface area contributed by atoms with Crippen molar-refractivity contribution in [3.63, 3.8) is 0 Å². The summed E-state index contributed by atoms with van der Waals surface area (Å²) in [7, 11) is 0. The predicted molar refractivity (Wildman–Crippen MR) is 102 cm³/mol. The van der Waals surface area contributed by atoms with E-state index < -0.39 is 5.97 Å². The first-order valence-electron chi connectivity index (χ1n) is 8.10. The zero-order valence-electron chi connectivity index (χ0n) is 14.5. The molecule has 2 aromatic carbocycles. The molecule has 0 aliphatic heterocycles. The first kappa shape index (κ1) is 17.8. The van der Waals surface area contributed by atoms with Crippen LogP contribution in [0.15, 0.2) is 54.6 Å². The molecule has 1 aromatic heterocycles. The molecule has 26 heavy (non-hydrogen) atoms. The lowest BCUT2D eigenvalue weighted by atomic mass is 10.0. The SMILES string of the molecule is Cc1nc(C)c(C(=O)OCC(=O)Nc2ccccc2-c2ccccc2)s1. The fraction of sp³-hybridized carbons (Fsp3) is 0.150. The topological polar surface area (TPSA) is 68.3 Å². The van der Waals surface area contributed by atoms with Crippen molar-refractivity contribution >= 4 is 28.9 Å². The molecule has 1 N–H and O–H groups in total. The van der Waals surface area contributed by atoms with Crippen LogP contribution in [0.2, 0.25) is 0 Å². The van der Waals surface area contributed by atoms with Crippen molar-refractivity contribution in [3.8, 4) is 11.1 Å². The highest BCUT2D eigenvalue weighted by atomic mass is 32.1. The Morgan fingerprint density at radius 1 is 1.04 bits per heavy atom. The molecule has 0 bridgehead atoms. The zero-order chi connectivity index (χ0) is 18.5. The third kappa shape index (κ3) is 4.15. The second kappa shape index (κ2) is 7.93. The molecule has 1 heterocycles. The van der Waals surface area contributed by atoms with Gasteiger partial charge >= 0.3 is 5.97 Å². The lowest BCUT2D eigenvalue weighted by Gasteiger charge is -2.11. The van der Waals surface area contributed by atoms with E-state index in [4.69, 9.17) is 4.74 Å². The van der Waals surface area contributed by atoms with Crippen LogP contribution in [0.4, 0.5) is 5.69 Å². The van der Waals surface area contributed by atoms with Gasteiger partial charge in [0.1, 0.15) is 4.88 Å². The Balaban J connectivity index is 1.66. The molecule has 1 amide bonds. The quantitative estimate of drug-likeness (QED) is 0.687. The van der Waals surface area contributed by atoms with E-state index in [1.165, 1.54) is 11.3 Å². The van der Waals surface area contributed by atoms with E-state index in [0.717, 1.165) is 16.1 Å². The maximum absolute atomic E-state index is 12.2. The van der Waals surface area contributed by atoms with E-state index in [-0.39, 0.29) is 12.5 Å². The Labute approximate surface area is 155 Å². The predicted octanol–water partition coefficient (Wildman–Crippen LogP) is 4.22. The van der Waals surface area contributed by atoms with E-state index in [0.29, 0.717) is 16.3 Å². The van der Waals surface area contributed by atoms with E-state index in [9.17, 15) is 9.59 Å². The van der Waals surface area contributed by atoms with Crippen LogP contribution in [0.25, 0.3) is 11.1 Å². The number of carbonyl (C=O) groups excluding carboxylic acids is 2. The Hall–Kier alpha value is -2.99. The maximum Gasteiger partial charge on any atom is 0.350 e. The number of benzene rings is 2. The molecule has 6 heteroatoms. The molecular formula is C20H18N2O3S. The Morgan fingerprint density at radius 2 is 1.73 bits per heavy atom. The van der Waals surface area contributed by atoms with Crippen molar-refractivity contribution < 1.29 is 14.3 Å². The normalized spacial score (nSPS) is 10.4. The molecule has 0 saturated heterocycles. The molecule has 0 aliphatic rings. The van der Waals surface area contributed by atoms with Gasteiger partial charge in [-0.1, -0.05) is 48.5 Å². The van der Waals surface area contributed by atoms with E-state index in [1.54, 1.807) is 6.92 Å². The monoisotopic (exact) mass is 366 g/mol. The van der Waals surface area contributed by atoms with Crippen LogP contribution >= 0.6 is 11.3 Å². The minimum absolute atomic E-state index is 0.349. The molecule has 132 valence electrons. The molecule has 0 spiro atoms. The standard InChI is InChI=1S/C20H18N2O3S/c1-13-19(26-14(2)21-13)20(24)25-12-18(23)22-17-11-7-6-10-16(17)15-8-4-3-5-9-15/h3-11H,12H2,1-2H3,(H,22,23). The van der Waals surface area contributed by atoms with Crippen molar-refractivity contribution in [1.29, 1.82) is 0 Å². The van der Waals surface area contributed by atoms with Gasteiger partial charge in [0.05, 0.1) is 10.7 Å². The summed E-state index contributed by atoms with van der Waals surface area (Å²) >= 11 is 1.26. The number of carbonyl (C=O) groups is 2. The number of hydrogen-bond acceptors (Lipinski definition) is 5. The van der Waals surface area contributed by atoms with Gasteiger partial charge in [-0.25, -0.2) is 9.78 Å². The second-order valence-electron chi connectivity index (χ2n) is 5.68. The summed E-state index contributed by atoms with van der Waals surface area (Å²) in [4.78, 5) is 28.9. The number of aromatic nitrogens is 1. The van der Waals surface area contributed by atoms with Gasteiger partial charge in [-0.15, -0.1) is 11.3 Å². The Kier molecular flexibility index (Phi) is 5.43. The summed E-state index contributed by atoms with van der Waals surface area (Å²) in [5, 5.41) is 3.59. The molecule has 0 atom stereocenters. The van der Waals surface area contributed by atoms with Gasteiger partial charge in [0, 0.05) is 11.3 Å². The molecule has 3 rings (SSSR count). The van der Waals surface area contributed by atoms with Gasteiger partial charge < -0.3 is 10.1 Å². The fourth-order valence-electron chi connectivity index (χ4n) is 2.57. The number of ether oxygens (including phenoxy) is 1. The molecule has 5 nitrogen and oxygen atoms in total. The van der Waals surface area contributed by atoms with Crippen LogP contribution in [0.3, 0.4) is 0 Å². The van der Waals surface area contributed by atoms with E-state index in [1.807, 2.05) is 61.5 Å². The largest absolute Gasteiger partial charge is 0.451 e. The summed E-state index contributed by atoms with van der Waals surface area (Å²) in [5.41, 5.74) is 3.19. The molecule has 3 aromatic rings. The molecule has 0 unspecified atom stereocenters. The average Bonchev–Trinajstić information content (AvgIpc) is 2.99. The van der Waals surface area contributed by atoms with Crippen molar-refractivity contribution in [1.82, 2.24) is 4.98 Å². The third-order valence-corrected chi connectivity index (χ3v) is 4.76. The van der Waals surface area contributed by atoms with Crippen LogP contribution in [0.5, 0.6) is 0 Å². The van der Waals surface area contributed by atoms with E-state index >= 15 is 0 Å². The molecular weight excluding hydrogens is 348 g/mol. The van der Waals surface area contributed by atoms with Gasteiger partial charge in [0.15, 0.2) is 6.61 Å². The first-order chi connectivity index (χ1) is 12.5. The molecule has 0 fully saturated rings. The smallest absolute Gasteiger partial charge is 0.350 e. The van der Waals surface area contributed by atoms with Crippen molar-refractivity contribution in [2.75, 3.05) is 11.9 Å². The minimum Gasteiger partial charge on any atom is -0.451 e. The van der Waals surface area contributed by atoms with Crippen molar-refractivity contribution in [3.05, 3.63) is 70.2 Å². The number of aryl methyl sites for hydroxylation is 2. The van der Waals surface area contributed by atoms with Crippen molar-refractivity contribution in [2.24, 2.45) is 0 Å². The average molecular weight is 366 g/mol. The van der Waals surface area contributed by atoms with Crippen LogP contribution in [-0.4, -0.2) is 23.5 Å². The summed E-state index contributed by atoms with van der Waals surface area (Å²) in [5.74, 6) is -0.916. The lowest BCUT2D eigenvalue weighted by molar-refractivity contribution is -0.119. The highest BCUT2D eigenvalue weighted by Crippen LogP contribution is 2.27.